The molecule has 1 aliphatic carbocycles. The van der Waals surface area contributed by atoms with Crippen LogP contribution in [0.1, 0.15) is 77.2 Å². The van der Waals surface area contributed by atoms with Crippen molar-refractivity contribution in [2.24, 2.45) is 11.8 Å². The van der Waals surface area contributed by atoms with Crippen LogP contribution < -0.4 is 20.4 Å². The van der Waals surface area contributed by atoms with Crippen LogP contribution in [0.4, 0.5) is 17.6 Å². The zero-order valence-corrected chi connectivity index (χ0v) is 24.6. The van der Waals surface area contributed by atoms with Crippen LogP contribution >= 0.6 is 23.8 Å². The molecule has 1 saturated carbocycles. The highest BCUT2D eigenvalue weighted by Crippen LogP contribution is 2.40. The van der Waals surface area contributed by atoms with Gasteiger partial charge in [0.1, 0.15) is 11.6 Å². The molecule has 3 aliphatic rings. The Balaban J connectivity index is 1.32. The van der Waals surface area contributed by atoms with Gasteiger partial charge in [0, 0.05) is 49.2 Å². The van der Waals surface area contributed by atoms with Crippen LogP contribution in [0, 0.1) is 11.8 Å². The Morgan fingerprint density at radius 3 is 2.39 bits per heavy atom. The highest BCUT2D eigenvalue weighted by atomic mass is 35.5. The minimum absolute atomic E-state index is 0.0389. The second-order valence-electron chi connectivity index (χ2n) is 11.9. The van der Waals surface area contributed by atoms with Gasteiger partial charge in [0.25, 0.3) is 0 Å². The monoisotopic (exact) mass is 554 g/mol. The van der Waals surface area contributed by atoms with Crippen LogP contribution in [0.5, 0.6) is 0 Å². The third-order valence-corrected chi connectivity index (χ3v) is 9.33. The number of thiocarbonyl (C=S) groups is 1. The van der Waals surface area contributed by atoms with Crippen LogP contribution in [0.15, 0.2) is 30.3 Å². The van der Waals surface area contributed by atoms with Crippen molar-refractivity contribution < 1.29 is 0 Å². The molecule has 0 radical (unpaired) electrons. The van der Waals surface area contributed by atoms with Crippen molar-refractivity contribution in [1.29, 1.82) is 0 Å². The van der Waals surface area contributed by atoms with Crippen molar-refractivity contribution in [3.05, 3.63) is 40.9 Å². The molecule has 6 nitrogen and oxygen atoms in total. The molecule has 3 heterocycles. The van der Waals surface area contributed by atoms with E-state index in [4.69, 9.17) is 33.8 Å². The number of nitrogens with one attached hydrogen (secondary N) is 2. The number of hydrogen-bond donors (Lipinski definition) is 2. The molecule has 3 fully saturated rings. The largest absolute Gasteiger partial charge is 0.361 e. The maximum absolute atomic E-state index is 6.39. The van der Waals surface area contributed by atoms with Gasteiger partial charge < -0.3 is 20.4 Å². The van der Waals surface area contributed by atoms with Gasteiger partial charge in [0.15, 0.2) is 5.11 Å². The molecule has 2 aliphatic heterocycles. The molecule has 8 heteroatoms. The van der Waals surface area contributed by atoms with Gasteiger partial charge in [-0.2, -0.15) is 9.97 Å². The lowest BCUT2D eigenvalue weighted by Gasteiger charge is -2.38. The summed E-state index contributed by atoms with van der Waals surface area (Å²) >= 11 is 12.2. The van der Waals surface area contributed by atoms with Crippen molar-refractivity contribution in [2.75, 3.05) is 47.8 Å². The number of anilines is 3. The van der Waals surface area contributed by atoms with Crippen LogP contribution in [0.25, 0.3) is 0 Å². The van der Waals surface area contributed by atoms with Gasteiger partial charge in [-0.3, -0.25) is 0 Å². The number of piperidine rings is 2. The quantitative estimate of drug-likeness (QED) is 0.381. The molecule has 0 spiro atoms. The minimum Gasteiger partial charge on any atom is -0.361 e. The maximum Gasteiger partial charge on any atom is 0.232 e. The first-order valence-electron chi connectivity index (χ1n) is 14.6. The van der Waals surface area contributed by atoms with E-state index in [-0.39, 0.29) is 5.41 Å². The highest BCUT2D eigenvalue weighted by Gasteiger charge is 2.34. The minimum atomic E-state index is 0.0389. The van der Waals surface area contributed by atoms with Crippen molar-refractivity contribution in [3.8, 4) is 0 Å². The van der Waals surface area contributed by atoms with Crippen molar-refractivity contribution in [1.82, 2.24) is 15.3 Å². The summed E-state index contributed by atoms with van der Waals surface area (Å²) in [4.78, 5) is 14.7. The van der Waals surface area contributed by atoms with E-state index < -0.39 is 0 Å². The molecular weight excluding hydrogens is 512 g/mol. The average Bonchev–Trinajstić information content (AvgIpc) is 2.93. The molecule has 5 rings (SSSR count). The number of benzene rings is 1. The molecule has 0 amide bonds. The number of hydrogen-bond acceptors (Lipinski definition) is 5. The van der Waals surface area contributed by atoms with Gasteiger partial charge in [0.2, 0.25) is 5.95 Å². The Bertz CT molecular complexity index is 1100. The topological polar surface area (TPSA) is 56.3 Å². The first-order valence-corrected chi connectivity index (χ1v) is 15.4. The zero-order chi connectivity index (χ0) is 26.5. The van der Waals surface area contributed by atoms with E-state index in [1.807, 2.05) is 6.07 Å². The lowest BCUT2D eigenvalue weighted by atomic mass is 9.69. The average molecular weight is 555 g/mol. The molecule has 2 N–H and O–H groups in total. The molecule has 2 aromatic rings. The number of halogens is 1. The summed E-state index contributed by atoms with van der Waals surface area (Å²) in [5.41, 5.74) is 1.34. The molecule has 2 saturated heterocycles. The van der Waals surface area contributed by atoms with E-state index in [9.17, 15) is 0 Å². The first kappa shape index (κ1) is 27.4. The van der Waals surface area contributed by atoms with Gasteiger partial charge >= 0.3 is 0 Å². The summed E-state index contributed by atoms with van der Waals surface area (Å²) in [6.45, 7) is 9.62. The smallest absolute Gasteiger partial charge is 0.232 e. The van der Waals surface area contributed by atoms with Crippen LogP contribution in [-0.4, -0.2) is 47.8 Å². The second kappa shape index (κ2) is 12.4. The fourth-order valence-electron chi connectivity index (χ4n) is 6.45. The van der Waals surface area contributed by atoms with Crippen LogP contribution in [0.3, 0.4) is 0 Å². The van der Waals surface area contributed by atoms with Gasteiger partial charge in [-0.1, -0.05) is 56.8 Å². The van der Waals surface area contributed by atoms with E-state index in [0.29, 0.717) is 17.0 Å². The third-order valence-electron chi connectivity index (χ3n) is 8.85. The lowest BCUT2D eigenvalue weighted by molar-refractivity contribution is 0.292. The van der Waals surface area contributed by atoms with Gasteiger partial charge in [0.05, 0.1) is 0 Å². The van der Waals surface area contributed by atoms with E-state index in [1.54, 1.807) is 0 Å². The van der Waals surface area contributed by atoms with Gasteiger partial charge in [-0.25, -0.2) is 0 Å². The SMILES string of the molecule is CC1CCN(c2cc(N3CCC[C@H](C)C3)nc(NC(=S)NCC3(c4cccc(Cl)c4)CCCCC3)n2)CC1. The van der Waals surface area contributed by atoms with Crippen molar-refractivity contribution in [2.45, 2.75) is 77.0 Å². The summed E-state index contributed by atoms with van der Waals surface area (Å²) in [5.74, 6) is 4.06. The molecule has 1 aromatic carbocycles. The van der Waals surface area contributed by atoms with E-state index >= 15 is 0 Å². The zero-order valence-electron chi connectivity index (χ0n) is 23.0. The van der Waals surface area contributed by atoms with Gasteiger partial charge in [-0.15, -0.1) is 0 Å². The predicted molar refractivity (Wildman–Crippen MR) is 164 cm³/mol. The Morgan fingerprint density at radius 1 is 0.947 bits per heavy atom. The number of nitrogens with zero attached hydrogens (tertiary/aromatic N) is 4. The maximum atomic E-state index is 6.39. The molecule has 206 valence electrons. The standard InChI is InChI=1S/C30H43ClN6S/c1-22-11-16-36(17-12-22)26-19-27(37-15-7-8-23(2)20-37)34-28(33-26)35-29(38)32-21-30(13-4-3-5-14-30)24-9-6-10-25(31)18-24/h6,9-10,18-19,22-23H,3-5,7-8,11-17,20-21H2,1-2H3,(H2,32,33,34,35,38)/t23-/m0/s1. The van der Waals surface area contributed by atoms with E-state index in [0.717, 1.165) is 68.1 Å². The molecular formula is C30H43ClN6S. The number of rotatable bonds is 6. The Kier molecular flexibility index (Phi) is 8.94. The third kappa shape index (κ3) is 6.71. The normalized spacial score (nSPS) is 22.2. The Morgan fingerprint density at radius 2 is 1.68 bits per heavy atom. The number of aromatic nitrogens is 2. The van der Waals surface area contributed by atoms with Crippen LogP contribution in [-0.2, 0) is 5.41 Å². The van der Waals surface area contributed by atoms with E-state index in [2.05, 4.69) is 58.5 Å². The summed E-state index contributed by atoms with van der Waals surface area (Å²) in [5, 5.41) is 8.28. The molecule has 38 heavy (non-hydrogen) atoms. The fraction of sp³-hybridized carbons (Fsp3) is 0.633. The van der Waals surface area contributed by atoms with Crippen LogP contribution in [0.2, 0.25) is 5.02 Å². The summed E-state index contributed by atoms with van der Waals surface area (Å²) < 4.78 is 0. The molecule has 1 aromatic heterocycles. The van der Waals surface area contributed by atoms with Crippen molar-refractivity contribution in [3.63, 3.8) is 0 Å². The van der Waals surface area contributed by atoms with Gasteiger partial charge in [-0.05, 0) is 80.3 Å². The first-order chi connectivity index (χ1) is 18.4. The second-order valence-corrected chi connectivity index (χ2v) is 12.8. The summed E-state index contributed by atoms with van der Waals surface area (Å²) in [7, 11) is 0. The summed E-state index contributed by atoms with van der Waals surface area (Å²) in [6, 6.07) is 10.5. The predicted octanol–water partition coefficient (Wildman–Crippen LogP) is 6.79. The Labute approximate surface area is 238 Å². The fourth-order valence-corrected chi connectivity index (χ4v) is 6.80. The highest BCUT2D eigenvalue weighted by molar-refractivity contribution is 7.80. The molecule has 0 bridgehead atoms. The summed E-state index contributed by atoms with van der Waals surface area (Å²) in [6.07, 6.45) is 10.9. The van der Waals surface area contributed by atoms with Crippen molar-refractivity contribution >= 4 is 46.5 Å². The lowest BCUT2D eigenvalue weighted by Crippen LogP contribution is -2.43. The van der Waals surface area contributed by atoms with E-state index in [1.165, 1.54) is 50.5 Å². The Hall–Kier alpha value is -2.12. The molecule has 0 unspecified atom stereocenters. The molecule has 1 atom stereocenters.